The maximum Gasteiger partial charge on any atom is 0.204 e. The van der Waals surface area contributed by atoms with Gasteiger partial charge in [-0.2, -0.15) is 0 Å². The van der Waals surface area contributed by atoms with E-state index in [2.05, 4.69) is 0 Å². The Morgan fingerprint density at radius 2 is 1.31 bits per heavy atom. The second-order valence-electron chi connectivity index (χ2n) is 7.52. The third-order valence-electron chi connectivity index (χ3n) is 5.37. The van der Waals surface area contributed by atoms with Gasteiger partial charge in [-0.05, 0) is 41.6 Å². The number of thioether (sulfide) groups is 1. The molecule has 4 rings (SSSR count). The Kier molecular flexibility index (Phi) is 7.72. The molecule has 0 unspecified atom stereocenters. The summed E-state index contributed by atoms with van der Waals surface area (Å²) in [7, 11) is 4.75. The van der Waals surface area contributed by atoms with Crippen LogP contribution in [-0.4, -0.2) is 27.6 Å². The standard InChI is InChI=1S/C27H26O7S/c1-29-19-9-5-17(6-10-19)15-32-23-14-22-25(21(28)13-24(34-22)35-4)27(26(23)31-3)33-16-18-7-11-20(30-2)12-8-18/h5-14H,15-16H2,1-4H3. The fourth-order valence-electron chi connectivity index (χ4n) is 3.52. The molecule has 0 aliphatic carbocycles. The Hall–Kier alpha value is -3.78. The maximum absolute atomic E-state index is 13.0. The van der Waals surface area contributed by atoms with Gasteiger partial charge < -0.3 is 28.1 Å². The minimum absolute atomic E-state index is 0.209. The summed E-state index contributed by atoms with van der Waals surface area (Å²) >= 11 is 1.34. The van der Waals surface area contributed by atoms with Crippen LogP contribution in [0.15, 0.2) is 75.0 Å². The van der Waals surface area contributed by atoms with Crippen molar-refractivity contribution >= 4 is 22.7 Å². The first-order chi connectivity index (χ1) is 17.1. The maximum atomic E-state index is 13.0. The van der Waals surface area contributed by atoms with E-state index >= 15 is 0 Å². The predicted octanol–water partition coefficient (Wildman–Crippen LogP) is 5.70. The molecule has 0 saturated heterocycles. The first-order valence-electron chi connectivity index (χ1n) is 10.8. The lowest BCUT2D eigenvalue weighted by Gasteiger charge is -2.17. The monoisotopic (exact) mass is 494 g/mol. The normalized spacial score (nSPS) is 10.7. The van der Waals surface area contributed by atoms with Crippen molar-refractivity contribution in [3.63, 3.8) is 0 Å². The fourth-order valence-corrected chi connectivity index (χ4v) is 3.92. The predicted molar refractivity (Wildman–Crippen MR) is 135 cm³/mol. The number of ether oxygens (including phenoxy) is 5. The Balaban J connectivity index is 1.72. The van der Waals surface area contributed by atoms with E-state index in [4.69, 9.17) is 28.1 Å². The Morgan fingerprint density at radius 1 is 0.743 bits per heavy atom. The molecule has 0 N–H and O–H groups in total. The van der Waals surface area contributed by atoms with E-state index in [1.165, 1.54) is 24.9 Å². The SMILES string of the molecule is COc1ccc(COc2cc3oc(SC)cc(=O)c3c(OCc3ccc(OC)cc3)c2OC)cc1. The minimum atomic E-state index is -0.222. The highest BCUT2D eigenvalue weighted by atomic mass is 32.2. The molecule has 1 heterocycles. The van der Waals surface area contributed by atoms with Gasteiger partial charge in [0.1, 0.15) is 35.7 Å². The summed E-state index contributed by atoms with van der Waals surface area (Å²) in [5.74, 6) is 2.51. The third-order valence-corrected chi connectivity index (χ3v) is 5.98. The van der Waals surface area contributed by atoms with E-state index < -0.39 is 0 Å². The van der Waals surface area contributed by atoms with Crippen LogP contribution in [0.5, 0.6) is 28.7 Å². The number of fused-ring (bicyclic) bond motifs is 1. The molecule has 0 amide bonds. The van der Waals surface area contributed by atoms with Crippen molar-refractivity contribution in [3.8, 4) is 28.7 Å². The van der Waals surface area contributed by atoms with Crippen LogP contribution in [0.25, 0.3) is 11.0 Å². The zero-order valence-corrected chi connectivity index (χ0v) is 20.8. The van der Waals surface area contributed by atoms with Gasteiger partial charge in [0.15, 0.2) is 22.0 Å². The topological polar surface area (TPSA) is 76.4 Å². The molecule has 1 aromatic heterocycles. The highest BCUT2D eigenvalue weighted by Crippen LogP contribution is 2.43. The lowest BCUT2D eigenvalue weighted by molar-refractivity contribution is 0.259. The number of hydrogen-bond acceptors (Lipinski definition) is 8. The lowest BCUT2D eigenvalue weighted by Crippen LogP contribution is -2.07. The summed E-state index contributed by atoms with van der Waals surface area (Å²) in [4.78, 5) is 13.0. The number of rotatable bonds is 10. The first kappa shape index (κ1) is 24.3. The Morgan fingerprint density at radius 3 is 1.83 bits per heavy atom. The molecule has 182 valence electrons. The largest absolute Gasteiger partial charge is 0.497 e. The van der Waals surface area contributed by atoms with Gasteiger partial charge in [-0.15, -0.1) is 0 Å². The number of hydrogen-bond donors (Lipinski definition) is 0. The summed E-state index contributed by atoms with van der Waals surface area (Å²) in [5, 5.41) is 0.792. The van der Waals surface area contributed by atoms with Crippen molar-refractivity contribution in [2.45, 2.75) is 18.3 Å². The molecular weight excluding hydrogens is 468 g/mol. The third kappa shape index (κ3) is 5.49. The van der Waals surface area contributed by atoms with Crippen LogP contribution < -0.4 is 29.1 Å². The second kappa shape index (κ2) is 11.1. The van der Waals surface area contributed by atoms with E-state index in [-0.39, 0.29) is 24.4 Å². The summed E-state index contributed by atoms with van der Waals surface area (Å²) in [6, 6.07) is 18.2. The quantitative estimate of drug-likeness (QED) is 0.260. The average Bonchev–Trinajstić information content (AvgIpc) is 2.90. The van der Waals surface area contributed by atoms with Crippen LogP contribution >= 0.6 is 11.8 Å². The average molecular weight is 495 g/mol. The highest BCUT2D eigenvalue weighted by molar-refractivity contribution is 7.98. The van der Waals surface area contributed by atoms with Crippen LogP contribution in [-0.2, 0) is 13.2 Å². The number of benzene rings is 3. The molecule has 0 bridgehead atoms. The van der Waals surface area contributed by atoms with Crippen molar-refractivity contribution < 1.29 is 28.1 Å². The Bertz CT molecular complexity index is 1350. The van der Waals surface area contributed by atoms with E-state index in [0.717, 1.165) is 22.6 Å². The van der Waals surface area contributed by atoms with Crippen LogP contribution in [0, 0.1) is 0 Å². The van der Waals surface area contributed by atoms with Crippen molar-refractivity contribution in [1.82, 2.24) is 0 Å². The molecule has 0 fully saturated rings. The molecule has 0 aliphatic heterocycles. The van der Waals surface area contributed by atoms with Gasteiger partial charge in [0.25, 0.3) is 0 Å². The molecule has 0 atom stereocenters. The molecule has 4 aromatic rings. The molecule has 35 heavy (non-hydrogen) atoms. The molecule has 0 spiro atoms. The molecule has 3 aromatic carbocycles. The van der Waals surface area contributed by atoms with Crippen LogP contribution in [0.4, 0.5) is 0 Å². The highest BCUT2D eigenvalue weighted by Gasteiger charge is 2.22. The number of methoxy groups -OCH3 is 3. The summed E-state index contributed by atoms with van der Waals surface area (Å²) in [6.07, 6.45) is 1.84. The summed E-state index contributed by atoms with van der Waals surface area (Å²) < 4.78 is 34.3. The first-order valence-corrected chi connectivity index (χ1v) is 12.0. The summed E-state index contributed by atoms with van der Waals surface area (Å²) in [6.45, 7) is 0.483. The van der Waals surface area contributed by atoms with Crippen LogP contribution in [0.1, 0.15) is 11.1 Å². The molecule has 0 saturated carbocycles. The zero-order valence-electron chi connectivity index (χ0n) is 20.0. The van der Waals surface area contributed by atoms with Gasteiger partial charge in [-0.3, -0.25) is 4.79 Å². The van der Waals surface area contributed by atoms with Crippen molar-refractivity contribution in [3.05, 3.63) is 82.0 Å². The fraction of sp³-hybridized carbons (Fsp3) is 0.222. The molecule has 8 heteroatoms. The zero-order chi connectivity index (χ0) is 24.8. The Labute approximate surface area is 207 Å². The molecule has 0 aliphatic rings. The van der Waals surface area contributed by atoms with Gasteiger partial charge in [0, 0.05) is 12.1 Å². The molecular formula is C27H26O7S. The van der Waals surface area contributed by atoms with Gasteiger partial charge in [0.2, 0.25) is 5.75 Å². The smallest absolute Gasteiger partial charge is 0.204 e. The van der Waals surface area contributed by atoms with E-state index in [9.17, 15) is 4.79 Å². The van der Waals surface area contributed by atoms with Gasteiger partial charge in [-0.1, -0.05) is 36.0 Å². The van der Waals surface area contributed by atoms with E-state index in [1.807, 2.05) is 54.8 Å². The van der Waals surface area contributed by atoms with Gasteiger partial charge in [0.05, 0.1) is 21.3 Å². The van der Waals surface area contributed by atoms with E-state index in [1.54, 1.807) is 20.3 Å². The second-order valence-corrected chi connectivity index (χ2v) is 8.33. The van der Waals surface area contributed by atoms with Crippen LogP contribution in [0.2, 0.25) is 0 Å². The van der Waals surface area contributed by atoms with Crippen LogP contribution in [0.3, 0.4) is 0 Å². The van der Waals surface area contributed by atoms with Crippen molar-refractivity contribution in [1.29, 1.82) is 0 Å². The lowest BCUT2D eigenvalue weighted by atomic mass is 10.1. The van der Waals surface area contributed by atoms with Gasteiger partial charge in [-0.25, -0.2) is 0 Å². The van der Waals surface area contributed by atoms with E-state index in [0.29, 0.717) is 27.6 Å². The summed E-state index contributed by atoms with van der Waals surface area (Å²) in [5.41, 5.74) is 1.97. The van der Waals surface area contributed by atoms with Gasteiger partial charge >= 0.3 is 0 Å². The minimum Gasteiger partial charge on any atom is -0.497 e. The molecule has 0 radical (unpaired) electrons. The molecule has 7 nitrogen and oxygen atoms in total. The van der Waals surface area contributed by atoms with Crippen molar-refractivity contribution in [2.75, 3.05) is 27.6 Å². The van der Waals surface area contributed by atoms with Crippen molar-refractivity contribution in [2.24, 2.45) is 0 Å².